The largest absolute Gasteiger partial charge is 0.481 e. The Morgan fingerprint density at radius 2 is 1.97 bits per heavy atom. The number of hydrogen-bond donors (Lipinski definition) is 0. The molecule has 0 aromatic heterocycles. The maximum Gasteiger partial charge on any atom is 0.349 e. The number of carbonyl (C=O) groups is 2. The van der Waals surface area contributed by atoms with Gasteiger partial charge in [0.25, 0.3) is 0 Å². The number of rotatable bonds is 8. The number of ether oxygens (including phenoxy) is 3. The van der Waals surface area contributed by atoms with Gasteiger partial charge in [-0.25, -0.2) is 9.59 Å². The van der Waals surface area contributed by atoms with Crippen LogP contribution in [0.4, 0.5) is 0 Å². The smallest absolute Gasteiger partial charge is 0.349 e. The molecule has 0 saturated heterocycles. The van der Waals surface area contributed by atoms with Crippen LogP contribution in [0.3, 0.4) is 0 Å². The molecule has 0 saturated carbocycles. The summed E-state index contributed by atoms with van der Waals surface area (Å²) < 4.78 is 16.4. The predicted molar refractivity (Wildman–Crippen MR) is 116 cm³/mol. The van der Waals surface area contributed by atoms with E-state index in [0.717, 1.165) is 10.0 Å². The number of halogens is 1. The van der Waals surface area contributed by atoms with Crippen LogP contribution in [-0.2, 0) is 14.3 Å². The van der Waals surface area contributed by atoms with Crippen molar-refractivity contribution >= 4 is 33.9 Å². The highest BCUT2D eigenvalue weighted by molar-refractivity contribution is 9.10. The van der Waals surface area contributed by atoms with Gasteiger partial charge in [-0.05, 0) is 70.2 Å². The third-order valence-corrected chi connectivity index (χ3v) is 4.60. The van der Waals surface area contributed by atoms with Crippen LogP contribution in [-0.4, -0.2) is 25.2 Å². The first-order chi connectivity index (χ1) is 14.3. The number of nitrogens with zero attached hydrogens (tertiary/aromatic N) is 1. The van der Waals surface area contributed by atoms with Gasteiger partial charge in [0.05, 0.1) is 11.1 Å². The van der Waals surface area contributed by atoms with Gasteiger partial charge in [-0.1, -0.05) is 32.0 Å². The summed E-state index contributed by atoms with van der Waals surface area (Å²) in [7, 11) is 0. The molecule has 0 amide bonds. The van der Waals surface area contributed by atoms with Gasteiger partial charge in [0, 0.05) is 0 Å². The van der Waals surface area contributed by atoms with Crippen LogP contribution >= 0.6 is 15.9 Å². The molecule has 0 N–H and O–H groups in total. The van der Waals surface area contributed by atoms with Crippen molar-refractivity contribution in [2.75, 3.05) is 13.2 Å². The molecule has 0 spiro atoms. The molecule has 2 aromatic rings. The molecule has 0 unspecified atom stereocenters. The summed E-state index contributed by atoms with van der Waals surface area (Å²) in [4.78, 5) is 23.9. The zero-order valence-corrected chi connectivity index (χ0v) is 18.6. The molecular weight excluding hydrogens is 450 g/mol. The van der Waals surface area contributed by atoms with Crippen molar-refractivity contribution in [2.24, 2.45) is 0 Å². The van der Waals surface area contributed by atoms with E-state index in [-0.39, 0.29) is 24.5 Å². The summed E-state index contributed by atoms with van der Waals surface area (Å²) in [5.74, 6) is -0.0902. The minimum absolute atomic E-state index is 0.140. The molecule has 2 aromatic carbocycles. The molecule has 0 heterocycles. The third-order valence-electron chi connectivity index (χ3n) is 3.98. The summed E-state index contributed by atoms with van der Waals surface area (Å²) in [6.07, 6.45) is 1.37. The Bertz CT molecular complexity index is 991. The number of benzene rings is 2. The lowest BCUT2D eigenvalue weighted by molar-refractivity contribution is -0.138. The van der Waals surface area contributed by atoms with Crippen molar-refractivity contribution in [3.8, 4) is 17.6 Å². The minimum atomic E-state index is -0.704. The molecule has 0 fully saturated rings. The van der Waals surface area contributed by atoms with Crippen molar-refractivity contribution in [3.63, 3.8) is 0 Å². The van der Waals surface area contributed by atoms with Crippen LogP contribution in [0.1, 0.15) is 37.8 Å². The average Bonchev–Trinajstić information content (AvgIpc) is 2.71. The van der Waals surface area contributed by atoms with E-state index in [2.05, 4.69) is 29.8 Å². The summed E-state index contributed by atoms with van der Waals surface area (Å²) >= 11 is 3.45. The zero-order valence-electron chi connectivity index (χ0n) is 17.0. The third kappa shape index (κ3) is 6.75. The molecule has 0 aliphatic heterocycles. The minimum Gasteiger partial charge on any atom is -0.481 e. The van der Waals surface area contributed by atoms with E-state index < -0.39 is 11.9 Å². The Morgan fingerprint density at radius 1 is 1.20 bits per heavy atom. The van der Waals surface area contributed by atoms with Gasteiger partial charge in [-0.15, -0.1) is 0 Å². The maximum atomic E-state index is 12.2. The highest BCUT2D eigenvalue weighted by Crippen LogP contribution is 2.29. The van der Waals surface area contributed by atoms with Gasteiger partial charge in [-0.3, -0.25) is 0 Å². The van der Waals surface area contributed by atoms with E-state index in [1.54, 1.807) is 43.3 Å². The van der Waals surface area contributed by atoms with Crippen molar-refractivity contribution in [2.45, 2.75) is 26.7 Å². The van der Waals surface area contributed by atoms with Crippen molar-refractivity contribution in [3.05, 3.63) is 63.6 Å². The Labute approximate surface area is 184 Å². The van der Waals surface area contributed by atoms with Crippen molar-refractivity contribution < 1.29 is 23.8 Å². The molecule has 2 rings (SSSR count). The second-order valence-corrected chi connectivity index (χ2v) is 7.42. The fraction of sp³-hybridized carbons (Fsp3) is 0.261. The van der Waals surface area contributed by atoms with Crippen LogP contribution in [0.5, 0.6) is 11.5 Å². The average molecular weight is 472 g/mol. The van der Waals surface area contributed by atoms with Gasteiger partial charge in [-0.2, -0.15) is 5.26 Å². The van der Waals surface area contributed by atoms with Crippen LogP contribution in [0.25, 0.3) is 6.08 Å². The lowest BCUT2D eigenvalue weighted by Gasteiger charge is -2.11. The summed E-state index contributed by atoms with van der Waals surface area (Å²) in [5.41, 5.74) is 1.54. The molecule has 6 nitrogen and oxygen atoms in total. The van der Waals surface area contributed by atoms with Crippen LogP contribution < -0.4 is 9.47 Å². The maximum absolute atomic E-state index is 12.2. The molecular formula is C23H22BrNO5. The summed E-state index contributed by atoms with van der Waals surface area (Å²) in [6, 6.07) is 14.0. The lowest BCUT2D eigenvalue weighted by Crippen LogP contribution is -2.17. The van der Waals surface area contributed by atoms with Gasteiger partial charge in [0.1, 0.15) is 23.1 Å². The number of carbonyl (C=O) groups excluding carboxylic acids is 2. The van der Waals surface area contributed by atoms with E-state index in [1.165, 1.54) is 6.08 Å². The molecule has 0 bridgehead atoms. The number of nitriles is 1. The Balaban J connectivity index is 2.02. The standard InChI is InChI=1S/C23H22BrNO5/c1-4-28-23(27)18(13-25)10-16-6-5-7-19(11-16)30-22(26)14-29-21-9-8-17(15(2)3)12-20(21)24/h5-12,15H,4,14H2,1-3H3/b18-10+. The van der Waals surface area contributed by atoms with Crippen molar-refractivity contribution in [1.29, 1.82) is 5.26 Å². The second-order valence-electron chi connectivity index (χ2n) is 6.57. The molecule has 0 aliphatic carbocycles. The molecule has 30 heavy (non-hydrogen) atoms. The molecule has 0 atom stereocenters. The second kappa shape index (κ2) is 11.2. The quantitative estimate of drug-likeness (QED) is 0.232. The molecule has 7 heteroatoms. The van der Waals surface area contributed by atoms with Crippen LogP contribution in [0.15, 0.2) is 52.5 Å². The topological polar surface area (TPSA) is 85.6 Å². The number of hydrogen-bond acceptors (Lipinski definition) is 6. The SMILES string of the molecule is CCOC(=O)/C(C#N)=C/c1cccc(OC(=O)COc2ccc(C(C)C)cc2Br)c1. The van der Waals surface area contributed by atoms with Gasteiger partial charge in [0.2, 0.25) is 0 Å². The van der Waals surface area contributed by atoms with E-state index in [4.69, 9.17) is 19.5 Å². The molecule has 0 aliphatic rings. The summed E-state index contributed by atoms with van der Waals surface area (Å²) in [5, 5.41) is 9.12. The fourth-order valence-electron chi connectivity index (χ4n) is 2.47. The van der Waals surface area contributed by atoms with Crippen molar-refractivity contribution in [1.82, 2.24) is 0 Å². The van der Waals surface area contributed by atoms with Crippen LogP contribution in [0, 0.1) is 11.3 Å². The Morgan fingerprint density at radius 3 is 2.60 bits per heavy atom. The number of esters is 2. The first-order valence-corrected chi connectivity index (χ1v) is 10.1. The van der Waals surface area contributed by atoms with Gasteiger partial charge >= 0.3 is 11.9 Å². The van der Waals surface area contributed by atoms with Gasteiger partial charge in [0.15, 0.2) is 6.61 Å². The molecule has 0 radical (unpaired) electrons. The lowest BCUT2D eigenvalue weighted by atomic mass is 10.0. The van der Waals surface area contributed by atoms with E-state index >= 15 is 0 Å². The zero-order chi connectivity index (χ0) is 22.1. The molecule has 156 valence electrons. The Hall–Kier alpha value is -3.11. The fourth-order valence-corrected chi connectivity index (χ4v) is 2.98. The highest BCUT2D eigenvalue weighted by atomic mass is 79.9. The van der Waals surface area contributed by atoms with Crippen LogP contribution in [0.2, 0.25) is 0 Å². The normalized spacial score (nSPS) is 11.0. The Kier molecular flexibility index (Phi) is 8.63. The van der Waals surface area contributed by atoms with E-state index in [1.807, 2.05) is 12.1 Å². The predicted octanol–water partition coefficient (Wildman–Crippen LogP) is 5.03. The monoisotopic (exact) mass is 471 g/mol. The summed E-state index contributed by atoms with van der Waals surface area (Å²) in [6.45, 7) is 5.74. The first-order valence-electron chi connectivity index (χ1n) is 9.36. The van der Waals surface area contributed by atoms with Gasteiger partial charge < -0.3 is 14.2 Å². The first kappa shape index (κ1) is 23.2. The van der Waals surface area contributed by atoms with E-state index in [0.29, 0.717) is 17.2 Å². The van der Waals surface area contributed by atoms with E-state index in [9.17, 15) is 9.59 Å². The highest BCUT2D eigenvalue weighted by Gasteiger charge is 2.12.